The fourth-order valence-corrected chi connectivity index (χ4v) is 3.80. The molecule has 35 heavy (non-hydrogen) atoms. The molecule has 0 aliphatic carbocycles. The third-order valence-electron chi connectivity index (χ3n) is 5.72. The van der Waals surface area contributed by atoms with E-state index in [-0.39, 0.29) is 18.8 Å². The van der Waals surface area contributed by atoms with Gasteiger partial charge in [-0.3, -0.25) is 14.4 Å². The zero-order valence-electron chi connectivity index (χ0n) is 20.7. The van der Waals surface area contributed by atoms with Gasteiger partial charge in [0.15, 0.2) is 0 Å². The van der Waals surface area contributed by atoms with Crippen molar-refractivity contribution in [3.63, 3.8) is 0 Å². The Kier molecular flexibility index (Phi) is 13.4. The lowest BCUT2D eigenvalue weighted by Gasteiger charge is -2.29. The van der Waals surface area contributed by atoms with Crippen LogP contribution in [0.1, 0.15) is 39.2 Å². The fraction of sp³-hybridized carbons (Fsp3) is 0.583. The van der Waals surface area contributed by atoms with Gasteiger partial charge in [0.25, 0.3) is 0 Å². The molecule has 196 valence electrons. The second-order valence-electron chi connectivity index (χ2n) is 8.58. The number of nitrogens with two attached hydrogens (primary N) is 1. The van der Waals surface area contributed by atoms with Crippen molar-refractivity contribution in [3.8, 4) is 0 Å². The van der Waals surface area contributed by atoms with Gasteiger partial charge in [-0.25, -0.2) is 4.79 Å². The number of carbonyl (C=O) groups is 4. The van der Waals surface area contributed by atoms with Gasteiger partial charge in [0, 0.05) is 0 Å². The van der Waals surface area contributed by atoms with Crippen molar-refractivity contribution in [2.45, 2.75) is 70.3 Å². The molecule has 1 aromatic carbocycles. The first-order valence-corrected chi connectivity index (χ1v) is 13.0. The molecule has 0 aliphatic rings. The lowest BCUT2D eigenvalue weighted by molar-refractivity contribution is -0.143. The van der Waals surface area contributed by atoms with Crippen molar-refractivity contribution in [2.75, 3.05) is 12.0 Å². The van der Waals surface area contributed by atoms with Crippen LogP contribution in [0, 0.1) is 5.92 Å². The minimum atomic E-state index is -1.40. The van der Waals surface area contributed by atoms with Crippen molar-refractivity contribution < 1.29 is 29.4 Å². The van der Waals surface area contributed by atoms with E-state index in [1.165, 1.54) is 18.7 Å². The Balaban J connectivity index is 2.92. The van der Waals surface area contributed by atoms with E-state index >= 15 is 0 Å². The lowest BCUT2D eigenvalue weighted by Crippen LogP contribution is -2.61. The highest BCUT2D eigenvalue weighted by Gasteiger charge is 2.34. The van der Waals surface area contributed by atoms with Crippen LogP contribution in [0.5, 0.6) is 0 Å². The fourth-order valence-electron chi connectivity index (χ4n) is 3.33. The van der Waals surface area contributed by atoms with Gasteiger partial charge in [-0.05, 0) is 43.3 Å². The Hall–Kier alpha value is -2.63. The number of aliphatic hydroxyl groups excluding tert-OH is 1. The molecule has 10 nitrogen and oxygen atoms in total. The molecule has 0 heterocycles. The molecule has 11 heteroatoms. The predicted molar refractivity (Wildman–Crippen MR) is 136 cm³/mol. The molecule has 0 aromatic heterocycles. The van der Waals surface area contributed by atoms with E-state index in [1.807, 2.05) is 43.5 Å². The Bertz CT molecular complexity index is 839. The first-order valence-electron chi connectivity index (χ1n) is 11.6. The lowest BCUT2D eigenvalue weighted by atomic mass is 9.96. The first kappa shape index (κ1) is 30.4. The molecule has 0 radical (unpaired) electrons. The standard InChI is InChI=1S/C24H38N4O6S/c1-5-14(2)19(27-21(30)17(25)13-16-9-7-6-8-10-16)22(31)28-20(15(3)29)23(32)26-18(24(33)34)11-12-35-4/h6-10,14-15,17-20,29H,5,11-13,25H2,1-4H3,(H,26,32)(H,27,30)(H,28,31)(H,33,34). The molecule has 0 bridgehead atoms. The summed E-state index contributed by atoms with van der Waals surface area (Å²) in [7, 11) is 0. The van der Waals surface area contributed by atoms with E-state index in [1.54, 1.807) is 6.92 Å². The van der Waals surface area contributed by atoms with E-state index in [2.05, 4.69) is 16.0 Å². The van der Waals surface area contributed by atoms with Gasteiger partial charge in [-0.15, -0.1) is 0 Å². The largest absolute Gasteiger partial charge is 0.480 e. The zero-order chi connectivity index (χ0) is 26.5. The average Bonchev–Trinajstić information content (AvgIpc) is 2.82. The number of carboxylic acid groups (broad SMARTS) is 1. The maximum atomic E-state index is 13.1. The van der Waals surface area contributed by atoms with Crippen molar-refractivity contribution in [3.05, 3.63) is 35.9 Å². The van der Waals surface area contributed by atoms with Crippen LogP contribution in [0.15, 0.2) is 30.3 Å². The van der Waals surface area contributed by atoms with Crippen molar-refractivity contribution >= 4 is 35.5 Å². The molecular formula is C24H38N4O6S. The monoisotopic (exact) mass is 510 g/mol. The number of thioether (sulfide) groups is 1. The van der Waals surface area contributed by atoms with Gasteiger partial charge in [-0.1, -0.05) is 50.6 Å². The number of carboxylic acids is 1. The van der Waals surface area contributed by atoms with Gasteiger partial charge in [0.1, 0.15) is 18.1 Å². The van der Waals surface area contributed by atoms with Gasteiger partial charge in [0.05, 0.1) is 12.1 Å². The molecule has 0 spiro atoms. The summed E-state index contributed by atoms with van der Waals surface area (Å²) < 4.78 is 0. The number of nitrogens with one attached hydrogen (secondary N) is 3. The van der Waals surface area contributed by atoms with Crippen molar-refractivity contribution in [1.29, 1.82) is 0 Å². The second kappa shape index (κ2) is 15.4. The average molecular weight is 511 g/mol. The third-order valence-corrected chi connectivity index (χ3v) is 6.36. The summed E-state index contributed by atoms with van der Waals surface area (Å²) >= 11 is 1.43. The summed E-state index contributed by atoms with van der Waals surface area (Å²) in [4.78, 5) is 50.0. The SMILES string of the molecule is CCC(C)C(NC(=O)C(N)Cc1ccccc1)C(=O)NC(C(=O)NC(CCSC)C(=O)O)C(C)O. The minimum Gasteiger partial charge on any atom is -0.480 e. The summed E-state index contributed by atoms with van der Waals surface area (Å²) in [5, 5.41) is 27.0. The molecule has 3 amide bonds. The van der Waals surface area contributed by atoms with Crippen LogP contribution in [0.4, 0.5) is 0 Å². The quantitative estimate of drug-likeness (QED) is 0.195. The third kappa shape index (κ3) is 10.3. The van der Waals surface area contributed by atoms with E-state index in [4.69, 9.17) is 5.73 Å². The number of aliphatic carboxylic acids is 1. The highest BCUT2D eigenvalue weighted by atomic mass is 32.2. The van der Waals surface area contributed by atoms with E-state index < -0.39 is 54.0 Å². The number of hydrogen-bond acceptors (Lipinski definition) is 7. The van der Waals surface area contributed by atoms with Crippen LogP contribution in [-0.2, 0) is 25.6 Å². The van der Waals surface area contributed by atoms with Crippen LogP contribution in [0.25, 0.3) is 0 Å². The number of aliphatic hydroxyl groups is 1. The normalized spacial score (nSPS) is 16.2. The number of rotatable bonds is 15. The van der Waals surface area contributed by atoms with Gasteiger partial charge >= 0.3 is 5.97 Å². The molecular weight excluding hydrogens is 472 g/mol. The summed E-state index contributed by atoms with van der Waals surface area (Å²) in [6, 6.07) is 4.78. The smallest absolute Gasteiger partial charge is 0.326 e. The van der Waals surface area contributed by atoms with E-state index in [0.717, 1.165) is 5.56 Å². The Morgan fingerprint density at radius 1 is 0.971 bits per heavy atom. The molecule has 1 rings (SSSR count). The Labute approximate surface area is 210 Å². The first-order chi connectivity index (χ1) is 16.5. The Morgan fingerprint density at radius 2 is 1.54 bits per heavy atom. The minimum absolute atomic E-state index is 0.188. The molecule has 6 unspecified atom stereocenters. The van der Waals surface area contributed by atoms with Crippen LogP contribution in [0.3, 0.4) is 0 Å². The molecule has 6 atom stereocenters. The maximum absolute atomic E-state index is 13.1. The molecule has 0 aliphatic heterocycles. The molecule has 7 N–H and O–H groups in total. The Morgan fingerprint density at radius 3 is 2.06 bits per heavy atom. The van der Waals surface area contributed by atoms with Crippen LogP contribution in [-0.4, -0.2) is 76.2 Å². The molecule has 0 saturated carbocycles. The zero-order valence-corrected chi connectivity index (χ0v) is 21.5. The van der Waals surface area contributed by atoms with E-state index in [0.29, 0.717) is 12.2 Å². The molecule has 0 fully saturated rings. The summed E-state index contributed by atoms with van der Waals surface area (Å²) in [6.45, 7) is 4.94. The van der Waals surface area contributed by atoms with Crippen LogP contribution in [0.2, 0.25) is 0 Å². The van der Waals surface area contributed by atoms with Crippen LogP contribution < -0.4 is 21.7 Å². The second-order valence-corrected chi connectivity index (χ2v) is 9.56. The topological polar surface area (TPSA) is 171 Å². The van der Waals surface area contributed by atoms with Crippen molar-refractivity contribution in [1.82, 2.24) is 16.0 Å². The highest BCUT2D eigenvalue weighted by molar-refractivity contribution is 7.98. The van der Waals surface area contributed by atoms with Crippen molar-refractivity contribution in [2.24, 2.45) is 11.7 Å². The van der Waals surface area contributed by atoms with Gasteiger partial charge in [0.2, 0.25) is 17.7 Å². The summed E-state index contributed by atoms with van der Waals surface area (Å²) in [5.41, 5.74) is 6.93. The number of benzene rings is 1. The van der Waals surface area contributed by atoms with E-state index in [9.17, 15) is 29.4 Å². The molecule has 1 aromatic rings. The van der Waals surface area contributed by atoms with Crippen LogP contribution >= 0.6 is 11.8 Å². The maximum Gasteiger partial charge on any atom is 0.326 e. The number of carbonyl (C=O) groups excluding carboxylic acids is 3. The molecule has 0 saturated heterocycles. The highest BCUT2D eigenvalue weighted by Crippen LogP contribution is 2.11. The summed E-state index contributed by atoms with van der Waals surface area (Å²) in [6.07, 6.45) is 1.53. The predicted octanol–water partition coefficient (Wildman–Crippen LogP) is 0.275. The van der Waals surface area contributed by atoms with Gasteiger partial charge in [-0.2, -0.15) is 11.8 Å². The summed E-state index contributed by atoms with van der Waals surface area (Å²) in [5.74, 6) is -3.01. The number of amides is 3. The van der Waals surface area contributed by atoms with Gasteiger partial charge < -0.3 is 31.9 Å². The number of hydrogen-bond donors (Lipinski definition) is 6.